The average molecular weight is 270 g/mol. The number of nitrogens with zero attached hydrogens (tertiary/aromatic N) is 3. The molecule has 0 bridgehead atoms. The molecule has 1 aliphatic rings. The van der Waals surface area contributed by atoms with E-state index in [2.05, 4.69) is 35.4 Å². The molecule has 2 N–H and O–H groups in total. The number of hydrogen-bond donors (Lipinski definition) is 1. The molecule has 3 rings (SSSR count). The predicted molar refractivity (Wildman–Crippen MR) is 79.5 cm³/mol. The maximum absolute atomic E-state index is 6.04. The number of hydrogen-bond acceptors (Lipinski definition) is 4. The molecule has 2 aromatic heterocycles. The highest BCUT2D eigenvalue weighted by atomic mass is 16.5. The van der Waals surface area contributed by atoms with E-state index in [9.17, 15) is 0 Å². The summed E-state index contributed by atoms with van der Waals surface area (Å²) in [5.74, 6) is 0.509. The Morgan fingerprint density at radius 2 is 2.25 bits per heavy atom. The summed E-state index contributed by atoms with van der Waals surface area (Å²) in [7, 11) is 2.06. The zero-order valence-corrected chi connectivity index (χ0v) is 11.4. The van der Waals surface area contributed by atoms with Crippen LogP contribution >= 0.6 is 0 Å². The minimum Gasteiger partial charge on any atom is -0.475 e. The average Bonchev–Trinajstić information content (AvgIpc) is 2.78. The number of allylic oxidation sites excluding steroid dienone is 2. The summed E-state index contributed by atoms with van der Waals surface area (Å²) in [4.78, 5) is 2.16. The van der Waals surface area contributed by atoms with E-state index in [0.29, 0.717) is 24.2 Å². The van der Waals surface area contributed by atoms with Crippen LogP contribution in [0.3, 0.4) is 0 Å². The molecule has 0 saturated heterocycles. The van der Waals surface area contributed by atoms with Crippen LogP contribution in [0.5, 0.6) is 5.88 Å². The van der Waals surface area contributed by atoms with Gasteiger partial charge in [-0.15, -0.1) is 5.10 Å². The van der Waals surface area contributed by atoms with Gasteiger partial charge in [0.15, 0.2) is 0 Å². The number of ether oxygens (including phenoxy) is 1. The quantitative estimate of drug-likeness (QED) is 0.924. The van der Waals surface area contributed by atoms with E-state index in [4.69, 9.17) is 10.5 Å². The molecule has 1 unspecified atom stereocenters. The molecular weight excluding hydrogens is 252 g/mol. The Bertz CT molecular complexity index is 659. The molecule has 104 valence electrons. The number of pyridine rings is 1. The Morgan fingerprint density at radius 1 is 1.35 bits per heavy atom. The van der Waals surface area contributed by atoms with Crippen molar-refractivity contribution in [2.75, 3.05) is 19.4 Å². The number of rotatable bonds is 4. The summed E-state index contributed by atoms with van der Waals surface area (Å²) in [6.45, 7) is 0.585. The van der Waals surface area contributed by atoms with Crippen LogP contribution in [0.1, 0.15) is 6.42 Å². The first-order valence-corrected chi connectivity index (χ1v) is 6.68. The van der Waals surface area contributed by atoms with Crippen molar-refractivity contribution in [3.63, 3.8) is 0 Å². The van der Waals surface area contributed by atoms with Crippen LogP contribution in [-0.2, 0) is 0 Å². The van der Waals surface area contributed by atoms with Crippen LogP contribution in [-0.4, -0.2) is 34.2 Å². The van der Waals surface area contributed by atoms with Crippen molar-refractivity contribution in [1.29, 1.82) is 0 Å². The molecule has 0 spiro atoms. The van der Waals surface area contributed by atoms with Crippen molar-refractivity contribution >= 4 is 11.2 Å². The molecule has 2 aromatic rings. The lowest BCUT2D eigenvalue weighted by Gasteiger charge is -2.25. The van der Waals surface area contributed by atoms with E-state index >= 15 is 0 Å². The maximum Gasteiger partial charge on any atom is 0.257 e. The molecular formula is C15H18N4O. The largest absolute Gasteiger partial charge is 0.475 e. The van der Waals surface area contributed by atoms with E-state index in [1.165, 1.54) is 0 Å². The third kappa shape index (κ3) is 2.34. The Hall–Kier alpha value is -2.43. The highest BCUT2D eigenvalue weighted by molar-refractivity contribution is 5.74. The van der Waals surface area contributed by atoms with Gasteiger partial charge in [-0.2, -0.15) is 0 Å². The molecule has 0 amide bonds. The fraction of sp³-hybridized carbons (Fsp3) is 0.267. The zero-order valence-electron chi connectivity index (χ0n) is 11.4. The fourth-order valence-electron chi connectivity index (χ4n) is 2.30. The van der Waals surface area contributed by atoms with Crippen molar-refractivity contribution in [1.82, 2.24) is 14.5 Å². The summed E-state index contributed by atoms with van der Waals surface area (Å²) in [5, 5.41) is 4.34. The summed E-state index contributed by atoms with van der Waals surface area (Å²) in [6.07, 6.45) is 11.1. The van der Waals surface area contributed by atoms with E-state index in [1.807, 2.05) is 30.5 Å². The van der Waals surface area contributed by atoms with Crippen LogP contribution < -0.4 is 10.5 Å². The molecule has 0 radical (unpaired) electrons. The fourth-order valence-corrected chi connectivity index (χ4v) is 2.30. The van der Waals surface area contributed by atoms with E-state index in [0.717, 1.165) is 11.9 Å². The van der Waals surface area contributed by atoms with Gasteiger partial charge in [-0.1, -0.05) is 18.2 Å². The predicted octanol–water partition coefficient (Wildman–Crippen LogP) is 2.07. The number of anilines is 1. The smallest absolute Gasteiger partial charge is 0.257 e. The van der Waals surface area contributed by atoms with Crippen molar-refractivity contribution in [3.05, 3.63) is 48.8 Å². The van der Waals surface area contributed by atoms with Gasteiger partial charge in [0.2, 0.25) is 0 Å². The minimum atomic E-state index is 0.359. The van der Waals surface area contributed by atoms with Gasteiger partial charge in [0, 0.05) is 25.7 Å². The molecule has 5 heteroatoms. The third-order valence-electron chi connectivity index (χ3n) is 3.49. The Kier molecular flexibility index (Phi) is 3.33. The van der Waals surface area contributed by atoms with Crippen LogP contribution in [0.15, 0.2) is 48.8 Å². The lowest BCUT2D eigenvalue weighted by Crippen LogP contribution is -2.28. The van der Waals surface area contributed by atoms with Gasteiger partial charge in [-0.05, 0) is 24.4 Å². The number of fused-ring (bicyclic) bond motifs is 1. The summed E-state index contributed by atoms with van der Waals surface area (Å²) < 4.78 is 7.47. The Labute approximate surface area is 117 Å². The number of aromatic nitrogens is 2. The molecule has 3 heterocycles. The Balaban J connectivity index is 1.64. The number of nitrogen functional groups attached to an aromatic ring is 1. The molecule has 20 heavy (non-hydrogen) atoms. The normalized spacial score (nSPS) is 17.9. The summed E-state index contributed by atoms with van der Waals surface area (Å²) >= 11 is 0. The van der Waals surface area contributed by atoms with Gasteiger partial charge in [-0.3, -0.25) is 0 Å². The summed E-state index contributed by atoms with van der Waals surface area (Å²) in [6, 6.07) is 6.14. The van der Waals surface area contributed by atoms with Gasteiger partial charge >= 0.3 is 0 Å². The van der Waals surface area contributed by atoms with E-state index < -0.39 is 0 Å². The van der Waals surface area contributed by atoms with Crippen molar-refractivity contribution in [2.24, 2.45) is 0 Å². The molecule has 5 nitrogen and oxygen atoms in total. The molecule has 1 aliphatic heterocycles. The first-order valence-electron chi connectivity index (χ1n) is 6.68. The van der Waals surface area contributed by atoms with Crippen molar-refractivity contribution in [2.45, 2.75) is 12.5 Å². The van der Waals surface area contributed by atoms with Gasteiger partial charge in [0.05, 0.1) is 12.1 Å². The lowest BCUT2D eigenvalue weighted by molar-refractivity contribution is 0.254. The highest BCUT2D eigenvalue weighted by Crippen LogP contribution is 2.25. The SMILES string of the molecule is CN1C=CC=CC1CCOc1nn2ccccc2c1N. The number of nitrogens with two attached hydrogens (primary N) is 1. The van der Waals surface area contributed by atoms with Gasteiger partial charge in [0.1, 0.15) is 5.69 Å². The van der Waals surface area contributed by atoms with E-state index in [1.54, 1.807) is 4.52 Å². The minimum absolute atomic E-state index is 0.359. The van der Waals surface area contributed by atoms with Gasteiger partial charge in [0.25, 0.3) is 5.88 Å². The van der Waals surface area contributed by atoms with Crippen LogP contribution in [0, 0.1) is 0 Å². The van der Waals surface area contributed by atoms with Gasteiger partial charge < -0.3 is 15.4 Å². The maximum atomic E-state index is 6.04. The monoisotopic (exact) mass is 270 g/mol. The molecule has 0 aromatic carbocycles. The highest BCUT2D eigenvalue weighted by Gasteiger charge is 2.13. The van der Waals surface area contributed by atoms with Crippen molar-refractivity contribution < 1.29 is 4.74 Å². The topological polar surface area (TPSA) is 55.8 Å². The molecule has 0 fully saturated rings. The summed E-state index contributed by atoms with van der Waals surface area (Å²) in [5.41, 5.74) is 7.51. The van der Waals surface area contributed by atoms with Crippen LogP contribution in [0.4, 0.5) is 5.69 Å². The van der Waals surface area contributed by atoms with Gasteiger partial charge in [-0.25, -0.2) is 4.52 Å². The second-order valence-electron chi connectivity index (χ2n) is 4.85. The number of likely N-dealkylation sites (N-methyl/N-ethyl adjacent to an activating group) is 1. The standard InChI is InChI=1S/C15H18N4O/c1-18-9-4-2-6-12(18)8-11-20-15-14(16)13-7-3-5-10-19(13)17-15/h2-7,9-10,12H,8,11,16H2,1H3. The molecule has 0 saturated carbocycles. The molecule has 0 aliphatic carbocycles. The third-order valence-corrected chi connectivity index (χ3v) is 3.49. The first kappa shape index (κ1) is 12.6. The second kappa shape index (κ2) is 5.28. The van der Waals surface area contributed by atoms with Crippen molar-refractivity contribution in [3.8, 4) is 5.88 Å². The molecule has 1 atom stereocenters. The van der Waals surface area contributed by atoms with E-state index in [-0.39, 0.29) is 0 Å². The second-order valence-corrected chi connectivity index (χ2v) is 4.85. The Morgan fingerprint density at radius 3 is 3.05 bits per heavy atom. The zero-order chi connectivity index (χ0) is 13.9. The first-order chi connectivity index (χ1) is 9.75. The lowest BCUT2D eigenvalue weighted by atomic mass is 10.1. The van der Waals surface area contributed by atoms with Crippen LogP contribution in [0.2, 0.25) is 0 Å². The van der Waals surface area contributed by atoms with Crippen LogP contribution in [0.25, 0.3) is 5.52 Å².